The van der Waals surface area contributed by atoms with E-state index in [1.54, 1.807) is 11.6 Å². The molecule has 0 aliphatic rings. The van der Waals surface area contributed by atoms with Crippen LogP contribution in [0.3, 0.4) is 0 Å². The number of H-pyrrole nitrogens is 1. The molecule has 2 N–H and O–H groups in total. The Morgan fingerprint density at radius 1 is 1.62 bits per heavy atom. The molecule has 0 unspecified atom stereocenters. The predicted molar refractivity (Wildman–Crippen MR) is 46.7 cm³/mol. The lowest BCUT2D eigenvalue weighted by atomic mass is 10.2. The van der Waals surface area contributed by atoms with Gasteiger partial charge in [0, 0.05) is 17.8 Å². The lowest BCUT2D eigenvalue weighted by molar-refractivity contribution is 0.0691. The standard InChI is InChI=1S/C7H5N3O2S/c11-7(12)5-4(3-9-10-5)6-8-1-2-13-6/h1-3H,(H,9,10)(H,11,12). The number of carbonyl (C=O) groups is 1. The highest BCUT2D eigenvalue weighted by Gasteiger charge is 2.15. The van der Waals surface area contributed by atoms with Crippen molar-refractivity contribution >= 4 is 17.3 Å². The van der Waals surface area contributed by atoms with Gasteiger partial charge in [-0.3, -0.25) is 5.10 Å². The largest absolute Gasteiger partial charge is 0.476 e. The first-order valence-electron chi connectivity index (χ1n) is 3.46. The molecule has 2 aromatic heterocycles. The topological polar surface area (TPSA) is 78.9 Å². The van der Waals surface area contributed by atoms with Crippen molar-refractivity contribution in [3.63, 3.8) is 0 Å². The predicted octanol–water partition coefficient (Wildman–Crippen LogP) is 1.23. The molecule has 0 aliphatic carbocycles. The average molecular weight is 195 g/mol. The fourth-order valence-corrected chi connectivity index (χ4v) is 1.63. The van der Waals surface area contributed by atoms with Crippen LogP contribution in [0.2, 0.25) is 0 Å². The SMILES string of the molecule is O=C(O)c1n[nH]cc1-c1nccs1. The first-order valence-corrected chi connectivity index (χ1v) is 4.34. The van der Waals surface area contributed by atoms with Crippen LogP contribution in [0, 0.1) is 0 Å². The number of aromatic carboxylic acids is 1. The average Bonchev–Trinajstić information content (AvgIpc) is 2.74. The summed E-state index contributed by atoms with van der Waals surface area (Å²) in [4.78, 5) is 14.7. The number of aromatic amines is 1. The molecule has 66 valence electrons. The lowest BCUT2D eigenvalue weighted by Gasteiger charge is -1.90. The maximum absolute atomic E-state index is 10.7. The Morgan fingerprint density at radius 2 is 2.46 bits per heavy atom. The molecule has 0 amide bonds. The molecule has 0 radical (unpaired) electrons. The molecule has 0 atom stereocenters. The molecule has 13 heavy (non-hydrogen) atoms. The zero-order valence-corrected chi connectivity index (χ0v) is 7.21. The molecule has 0 spiro atoms. The minimum atomic E-state index is -1.05. The zero-order valence-electron chi connectivity index (χ0n) is 6.39. The molecule has 2 heterocycles. The van der Waals surface area contributed by atoms with Gasteiger partial charge in [-0.05, 0) is 0 Å². The van der Waals surface area contributed by atoms with E-state index in [-0.39, 0.29) is 5.69 Å². The van der Waals surface area contributed by atoms with E-state index in [4.69, 9.17) is 5.11 Å². The number of nitrogens with zero attached hydrogens (tertiary/aromatic N) is 2. The van der Waals surface area contributed by atoms with Crippen LogP contribution in [0.4, 0.5) is 0 Å². The summed E-state index contributed by atoms with van der Waals surface area (Å²) in [6.07, 6.45) is 3.15. The first-order chi connectivity index (χ1) is 6.29. The molecule has 5 nitrogen and oxygen atoms in total. The molecular formula is C7H5N3O2S. The van der Waals surface area contributed by atoms with Crippen molar-refractivity contribution in [1.29, 1.82) is 0 Å². The van der Waals surface area contributed by atoms with Crippen molar-refractivity contribution in [2.75, 3.05) is 0 Å². The van der Waals surface area contributed by atoms with E-state index >= 15 is 0 Å². The lowest BCUT2D eigenvalue weighted by Crippen LogP contribution is -1.98. The molecule has 0 aliphatic heterocycles. The number of carboxylic acids is 1. The van der Waals surface area contributed by atoms with Gasteiger partial charge in [-0.1, -0.05) is 0 Å². The third kappa shape index (κ3) is 1.31. The minimum absolute atomic E-state index is 0.00921. The van der Waals surface area contributed by atoms with Gasteiger partial charge in [0.2, 0.25) is 0 Å². The molecule has 0 fully saturated rings. The Bertz CT molecular complexity index is 421. The van der Waals surface area contributed by atoms with Crippen molar-refractivity contribution in [2.24, 2.45) is 0 Å². The van der Waals surface area contributed by atoms with Gasteiger partial charge in [-0.25, -0.2) is 9.78 Å². The number of hydrogen-bond donors (Lipinski definition) is 2. The number of thiazole rings is 1. The highest BCUT2D eigenvalue weighted by Crippen LogP contribution is 2.23. The molecule has 0 aromatic carbocycles. The summed E-state index contributed by atoms with van der Waals surface area (Å²) in [6.45, 7) is 0. The Labute approximate surface area is 77.1 Å². The van der Waals surface area contributed by atoms with Gasteiger partial charge >= 0.3 is 5.97 Å². The summed E-state index contributed by atoms with van der Waals surface area (Å²) in [5.74, 6) is -1.05. The number of rotatable bonds is 2. The molecule has 2 aromatic rings. The second kappa shape index (κ2) is 2.98. The van der Waals surface area contributed by atoms with Gasteiger partial charge in [-0.2, -0.15) is 5.10 Å². The van der Waals surface area contributed by atoms with Gasteiger partial charge < -0.3 is 5.11 Å². The normalized spacial score (nSPS) is 10.2. The summed E-state index contributed by atoms with van der Waals surface area (Å²) in [5.41, 5.74) is 0.539. The Morgan fingerprint density at radius 3 is 3.08 bits per heavy atom. The number of nitrogens with one attached hydrogen (secondary N) is 1. The third-order valence-corrected chi connectivity index (χ3v) is 2.31. The first kappa shape index (κ1) is 7.93. The van der Waals surface area contributed by atoms with Crippen LogP contribution in [0.15, 0.2) is 17.8 Å². The van der Waals surface area contributed by atoms with Crippen molar-refractivity contribution in [3.8, 4) is 10.6 Å². The van der Waals surface area contributed by atoms with Crippen LogP contribution in [0.1, 0.15) is 10.5 Å². The Balaban J connectivity index is 2.52. The fraction of sp³-hybridized carbons (Fsp3) is 0. The third-order valence-electron chi connectivity index (χ3n) is 1.51. The van der Waals surface area contributed by atoms with Crippen LogP contribution >= 0.6 is 11.3 Å². The summed E-state index contributed by atoms with van der Waals surface area (Å²) in [6, 6.07) is 0. The number of aromatic nitrogens is 3. The highest BCUT2D eigenvalue weighted by atomic mass is 32.1. The van der Waals surface area contributed by atoms with Crippen LogP contribution < -0.4 is 0 Å². The smallest absolute Gasteiger partial charge is 0.357 e. The van der Waals surface area contributed by atoms with Crippen LogP contribution in [-0.4, -0.2) is 26.3 Å². The quantitative estimate of drug-likeness (QED) is 0.755. The van der Waals surface area contributed by atoms with Crippen molar-refractivity contribution in [2.45, 2.75) is 0 Å². The maximum atomic E-state index is 10.7. The van der Waals surface area contributed by atoms with Crippen LogP contribution in [0.25, 0.3) is 10.6 Å². The van der Waals surface area contributed by atoms with Gasteiger partial charge in [-0.15, -0.1) is 11.3 Å². The van der Waals surface area contributed by atoms with E-state index in [0.29, 0.717) is 10.6 Å². The van der Waals surface area contributed by atoms with Crippen LogP contribution in [0.5, 0.6) is 0 Å². The second-order valence-electron chi connectivity index (χ2n) is 2.29. The number of hydrogen-bond acceptors (Lipinski definition) is 4. The van der Waals surface area contributed by atoms with E-state index in [9.17, 15) is 4.79 Å². The van der Waals surface area contributed by atoms with E-state index in [1.807, 2.05) is 0 Å². The highest BCUT2D eigenvalue weighted by molar-refractivity contribution is 7.13. The van der Waals surface area contributed by atoms with Gasteiger partial charge in [0.05, 0.1) is 5.56 Å². The summed E-state index contributed by atoms with van der Waals surface area (Å²) >= 11 is 1.38. The number of carboxylic acid groups (broad SMARTS) is 1. The van der Waals surface area contributed by atoms with Gasteiger partial charge in [0.25, 0.3) is 0 Å². The van der Waals surface area contributed by atoms with Gasteiger partial charge in [0.15, 0.2) is 5.69 Å². The van der Waals surface area contributed by atoms with E-state index in [0.717, 1.165) is 0 Å². The van der Waals surface area contributed by atoms with Crippen molar-refractivity contribution in [3.05, 3.63) is 23.5 Å². The molecule has 0 saturated carbocycles. The van der Waals surface area contributed by atoms with Crippen molar-refractivity contribution < 1.29 is 9.90 Å². The summed E-state index contributed by atoms with van der Waals surface area (Å²) < 4.78 is 0. The van der Waals surface area contributed by atoms with E-state index in [1.165, 1.54) is 17.5 Å². The monoisotopic (exact) mass is 195 g/mol. The maximum Gasteiger partial charge on any atom is 0.357 e. The fourth-order valence-electron chi connectivity index (χ4n) is 0.972. The molecular weight excluding hydrogens is 190 g/mol. The summed E-state index contributed by atoms with van der Waals surface area (Å²) in [5, 5.41) is 17.3. The molecule has 0 saturated heterocycles. The van der Waals surface area contributed by atoms with E-state index < -0.39 is 5.97 Å². The molecule has 2 rings (SSSR count). The molecule has 0 bridgehead atoms. The minimum Gasteiger partial charge on any atom is -0.476 e. The van der Waals surface area contributed by atoms with Crippen molar-refractivity contribution in [1.82, 2.24) is 15.2 Å². The Kier molecular flexibility index (Phi) is 1.82. The second-order valence-corrected chi connectivity index (χ2v) is 3.18. The van der Waals surface area contributed by atoms with Crippen LogP contribution in [-0.2, 0) is 0 Å². The summed E-state index contributed by atoms with van der Waals surface area (Å²) in [7, 11) is 0. The van der Waals surface area contributed by atoms with Gasteiger partial charge in [0.1, 0.15) is 5.01 Å². The zero-order chi connectivity index (χ0) is 9.26. The molecule has 6 heteroatoms. The Hall–Kier alpha value is -1.69. The van der Waals surface area contributed by atoms with E-state index in [2.05, 4.69) is 15.2 Å².